The Morgan fingerprint density at radius 1 is 1.35 bits per heavy atom. The van der Waals surface area contributed by atoms with Crippen molar-refractivity contribution < 1.29 is 19.0 Å². The van der Waals surface area contributed by atoms with E-state index in [2.05, 4.69) is 0 Å². The summed E-state index contributed by atoms with van der Waals surface area (Å²) in [6.07, 6.45) is -0.408. The van der Waals surface area contributed by atoms with Crippen molar-refractivity contribution in [2.45, 2.75) is 19.6 Å². The molecule has 6 heteroatoms. The van der Waals surface area contributed by atoms with E-state index in [1.54, 1.807) is 6.92 Å². The number of nitrogens with zero attached hydrogens (tertiary/aromatic N) is 1. The summed E-state index contributed by atoms with van der Waals surface area (Å²) in [5, 5.41) is 0.876. The van der Waals surface area contributed by atoms with E-state index in [-0.39, 0.29) is 18.7 Å². The molecule has 1 aromatic heterocycles. The molecule has 6 nitrogen and oxygen atoms in total. The summed E-state index contributed by atoms with van der Waals surface area (Å²) >= 11 is 0. The van der Waals surface area contributed by atoms with Crippen LogP contribution in [0, 0.1) is 0 Å². The van der Waals surface area contributed by atoms with Gasteiger partial charge in [0.1, 0.15) is 12.6 Å². The average molecular weight is 317 g/mol. The molecule has 2 aromatic rings. The van der Waals surface area contributed by atoms with Crippen molar-refractivity contribution in [3.05, 3.63) is 46.2 Å². The predicted molar refractivity (Wildman–Crippen MR) is 84.4 cm³/mol. The molecule has 1 saturated heterocycles. The van der Waals surface area contributed by atoms with Gasteiger partial charge >= 0.3 is 5.97 Å². The summed E-state index contributed by atoms with van der Waals surface area (Å²) in [6.45, 7) is 3.23. The standard InChI is InChI=1S/C17H19NO5/c1-2-22-16(19)10-18-14-6-4-3-5-12(14)9-13(17(18)20)15-11-21-7-8-23-15/h3-6,9,15H,2,7-8,10-11H2,1H3. The van der Waals surface area contributed by atoms with Crippen molar-refractivity contribution in [1.82, 2.24) is 4.57 Å². The summed E-state index contributed by atoms with van der Waals surface area (Å²) in [7, 11) is 0. The molecule has 0 spiro atoms. The van der Waals surface area contributed by atoms with Crippen molar-refractivity contribution in [2.24, 2.45) is 0 Å². The number of para-hydroxylation sites is 1. The molecule has 122 valence electrons. The van der Waals surface area contributed by atoms with Crippen molar-refractivity contribution >= 4 is 16.9 Å². The molecule has 2 heterocycles. The first kappa shape index (κ1) is 15.7. The summed E-state index contributed by atoms with van der Waals surface area (Å²) < 4.78 is 17.5. The first-order chi connectivity index (χ1) is 11.2. The van der Waals surface area contributed by atoms with Crippen LogP contribution in [-0.2, 0) is 25.5 Å². The number of carbonyl (C=O) groups excluding carboxylic acids is 1. The number of esters is 1. The third-order valence-corrected chi connectivity index (χ3v) is 3.79. The highest BCUT2D eigenvalue weighted by molar-refractivity contribution is 5.81. The number of fused-ring (bicyclic) bond motifs is 1. The van der Waals surface area contributed by atoms with Gasteiger partial charge in [-0.25, -0.2) is 0 Å². The number of hydrogen-bond acceptors (Lipinski definition) is 5. The van der Waals surface area contributed by atoms with Crippen LogP contribution in [0.4, 0.5) is 0 Å². The van der Waals surface area contributed by atoms with E-state index in [0.29, 0.717) is 30.9 Å². The van der Waals surface area contributed by atoms with E-state index < -0.39 is 12.1 Å². The quantitative estimate of drug-likeness (QED) is 0.802. The Labute approximate surface area is 133 Å². The van der Waals surface area contributed by atoms with Crippen LogP contribution in [0.3, 0.4) is 0 Å². The minimum absolute atomic E-state index is 0.116. The van der Waals surface area contributed by atoms with E-state index in [4.69, 9.17) is 14.2 Å². The van der Waals surface area contributed by atoms with Crippen LogP contribution in [0.25, 0.3) is 10.9 Å². The molecule has 1 aromatic carbocycles. The topological polar surface area (TPSA) is 66.8 Å². The molecule has 0 N–H and O–H groups in total. The van der Waals surface area contributed by atoms with Crippen molar-refractivity contribution in [2.75, 3.05) is 26.4 Å². The zero-order valence-electron chi connectivity index (χ0n) is 13.0. The molecule has 0 aliphatic carbocycles. The van der Waals surface area contributed by atoms with Crippen LogP contribution in [-0.4, -0.2) is 37.0 Å². The largest absolute Gasteiger partial charge is 0.465 e. The maximum absolute atomic E-state index is 12.8. The highest BCUT2D eigenvalue weighted by Gasteiger charge is 2.22. The summed E-state index contributed by atoms with van der Waals surface area (Å²) in [6, 6.07) is 9.27. The molecular weight excluding hydrogens is 298 g/mol. The Kier molecular flexibility index (Phi) is 4.73. The van der Waals surface area contributed by atoms with Crippen LogP contribution < -0.4 is 5.56 Å². The van der Waals surface area contributed by atoms with Crippen LogP contribution in [0.2, 0.25) is 0 Å². The Morgan fingerprint density at radius 2 is 2.17 bits per heavy atom. The fourth-order valence-corrected chi connectivity index (χ4v) is 2.74. The summed E-state index contributed by atoms with van der Waals surface area (Å²) in [5.41, 5.74) is 0.964. The molecule has 0 bridgehead atoms. The zero-order valence-corrected chi connectivity index (χ0v) is 13.0. The van der Waals surface area contributed by atoms with E-state index in [0.717, 1.165) is 5.39 Å². The number of pyridine rings is 1. The zero-order chi connectivity index (χ0) is 16.2. The number of hydrogen-bond donors (Lipinski definition) is 0. The van der Waals surface area contributed by atoms with Gasteiger partial charge in [0.2, 0.25) is 0 Å². The lowest BCUT2D eigenvalue weighted by molar-refractivity contribution is -0.143. The SMILES string of the molecule is CCOC(=O)Cn1c(=O)c(C2COCCO2)cc2ccccc21. The van der Waals surface area contributed by atoms with Gasteiger partial charge in [0.25, 0.3) is 5.56 Å². The first-order valence-corrected chi connectivity index (χ1v) is 7.68. The lowest BCUT2D eigenvalue weighted by Crippen LogP contribution is -2.33. The molecule has 1 aliphatic heterocycles. The third kappa shape index (κ3) is 3.28. The second kappa shape index (κ2) is 6.93. The Morgan fingerprint density at radius 3 is 2.91 bits per heavy atom. The molecule has 1 aliphatic rings. The third-order valence-electron chi connectivity index (χ3n) is 3.79. The first-order valence-electron chi connectivity index (χ1n) is 7.68. The molecular formula is C17H19NO5. The van der Waals surface area contributed by atoms with Crippen molar-refractivity contribution in [3.8, 4) is 0 Å². The highest BCUT2D eigenvalue weighted by Crippen LogP contribution is 2.22. The normalized spacial score (nSPS) is 18.0. The monoisotopic (exact) mass is 317 g/mol. The second-order valence-electron chi connectivity index (χ2n) is 5.29. The van der Waals surface area contributed by atoms with Crippen LogP contribution in [0.15, 0.2) is 35.1 Å². The maximum Gasteiger partial charge on any atom is 0.326 e. The van der Waals surface area contributed by atoms with Crippen LogP contribution >= 0.6 is 0 Å². The number of aromatic nitrogens is 1. The smallest absolute Gasteiger partial charge is 0.326 e. The Balaban J connectivity index is 2.09. The van der Waals surface area contributed by atoms with Crippen LogP contribution in [0.1, 0.15) is 18.6 Å². The summed E-state index contributed by atoms with van der Waals surface area (Å²) in [5.74, 6) is -0.433. The predicted octanol–water partition coefficient (Wildman–Crippen LogP) is 1.65. The van der Waals surface area contributed by atoms with Gasteiger partial charge in [-0.15, -0.1) is 0 Å². The number of rotatable bonds is 4. The van der Waals surface area contributed by atoms with Crippen molar-refractivity contribution in [3.63, 3.8) is 0 Å². The lowest BCUT2D eigenvalue weighted by Gasteiger charge is -2.24. The van der Waals surface area contributed by atoms with Gasteiger partial charge in [0.05, 0.1) is 31.9 Å². The summed E-state index contributed by atoms with van der Waals surface area (Å²) in [4.78, 5) is 24.7. The van der Waals surface area contributed by atoms with Gasteiger partial charge < -0.3 is 14.2 Å². The minimum Gasteiger partial charge on any atom is -0.465 e. The minimum atomic E-state index is -0.433. The van der Waals surface area contributed by atoms with E-state index in [1.165, 1.54) is 4.57 Å². The fourth-order valence-electron chi connectivity index (χ4n) is 2.74. The molecule has 0 amide bonds. The Bertz CT molecular complexity index is 761. The molecule has 1 fully saturated rings. The van der Waals surface area contributed by atoms with E-state index in [9.17, 15) is 9.59 Å². The highest BCUT2D eigenvalue weighted by atomic mass is 16.6. The average Bonchev–Trinajstić information content (AvgIpc) is 2.58. The lowest BCUT2D eigenvalue weighted by atomic mass is 10.1. The number of ether oxygens (including phenoxy) is 3. The van der Waals surface area contributed by atoms with E-state index in [1.807, 2.05) is 30.3 Å². The molecule has 1 atom stereocenters. The van der Waals surface area contributed by atoms with Crippen molar-refractivity contribution in [1.29, 1.82) is 0 Å². The molecule has 0 radical (unpaired) electrons. The fraction of sp³-hybridized carbons (Fsp3) is 0.412. The molecule has 0 saturated carbocycles. The maximum atomic E-state index is 12.8. The Hall–Kier alpha value is -2.18. The van der Waals surface area contributed by atoms with Gasteiger partial charge in [-0.05, 0) is 24.4 Å². The molecule has 1 unspecified atom stereocenters. The molecule has 3 rings (SSSR count). The van der Waals surface area contributed by atoms with Crippen LogP contribution in [0.5, 0.6) is 0 Å². The van der Waals surface area contributed by atoms with Gasteiger partial charge in [-0.2, -0.15) is 0 Å². The number of carbonyl (C=O) groups is 1. The second-order valence-corrected chi connectivity index (χ2v) is 5.29. The number of benzene rings is 1. The van der Waals surface area contributed by atoms with Gasteiger partial charge in [0.15, 0.2) is 0 Å². The van der Waals surface area contributed by atoms with Gasteiger partial charge in [0, 0.05) is 5.56 Å². The van der Waals surface area contributed by atoms with Gasteiger partial charge in [-0.3, -0.25) is 14.2 Å². The van der Waals surface area contributed by atoms with Gasteiger partial charge in [-0.1, -0.05) is 18.2 Å². The van der Waals surface area contributed by atoms with E-state index >= 15 is 0 Å². The molecule has 23 heavy (non-hydrogen) atoms.